The zero-order valence-corrected chi connectivity index (χ0v) is 30.8. The minimum absolute atomic E-state index is 0.129. The molecule has 1 aliphatic carbocycles. The van der Waals surface area contributed by atoms with E-state index >= 15 is 0 Å². The summed E-state index contributed by atoms with van der Waals surface area (Å²) in [6.07, 6.45) is 0. The predicted molar refractivity (Wildman–Crippen MR) is 230 cm³/mol. The fraction of sp³-hybridized carbons (Fsp3) is 0.0577. The molecule has 0 bridgehead atoms. The van der Waals surface area contributed by atoms with Crippen molar-refractivity contribution in [2.45, 2.75) is 19.3 Å². The lowest BCUT2D eigenvalue weighted by atomic mass is 9.82. The van der Waals surface area contributed by atoms with Gasteiger partial charge in [-0.1, -0.05) is 117 Å². The summed E-state index contributed by atoms with van der Waals surface area (Å²) in [5.74, 6) is 0. The molecule has 1 aliphatic rings. The van der Waals surface area contributed by atoms with Crippen molar-refractivity contribution in [3.05, 3.63) is 180 Å². The Morgan fingerprint density at radius 2 is 1.14 bits per heavy atom. The summed E-state index contributed by atoms with van der Waals surface area (Å²) in [5, 5.41) is 17.5. The van der Waals surface area contributed by atoms with Gasteiger partial charge in [0.15, 0.2) is 0 Å². The number of hydrogen-bond donors (Lipinski definition) is 0. The van der Waals surface area contributed by atoms with Gasteiger partial charge in [0.25, 0.3) is 0 Å². The molecule has 8 aromatic carbocycles. The lowest BCUT2D eigenvalue weighted by Gasteiger charge is -2.21. The first-order valence-corrected chi connectivity index (χ1v) is 19.2. The van der Waals surface area contributed by atoms with Crippen LogP contribution in [0.5, 0.6) is 0 Å². The third kappa shape index (κ3) is 4.06. The van der Waals surface area contributed by atoms with Gasteiger partial charge in [0, 0.05) is 49.3 Å². The third-order valence-corrected chi connectivity index (χ3v) is 12.3. The van der Waals surface area contributed by atoms with Crippen LogP contribution in [0.3, 0.4) is 0 Å². The number of nitrogens with zero attached hydrogens (tertiary/aromatic N) is 3. The second-order valence-electron chi connectivity index (χ2n) is 15.6. The van der Waals surface area contributed by atoms with Gasteiger partial charge in [-0.05, 0) is 88.5 Å². The maximum atomic E-state index is 10.5. The largest absolute Gasteiger partial charge is 0.456 e. The Morgan fingerprint density at radius 1 is 0.500 bits per heavy atom. The maximum Gasteiger partial charge on any atom is 0.137 e. The Kier molecular flexibility index (Phi) is 6.15. The van der Waals surface area contributed by atoms with Crippen LogP contribution in [-0.4, -0.2) is 9.13 Å². The average Bonchev–Trinajstić information content (AvgIpc) is 3.96. The molecule has 0 saturated carbocycles. The minimum atomic E-state index is -0.129. The van der Waals surface area contributed by atoms with Crippen LogP contribution in [0.4, 0.5) is 0 Å². The van der Waals surface area contributed by atoms with Crippen molar-refractivity contribution in [2.24, 2.45) is 0 Å². The van der Waals surface area contributed by atoms with Crippen LogP contribution in [-0.2, 0) is 5.41 Å². The van der Waals surface area contributed by atoms with Crippen molar-refractivity contribution in [2.75, 3.05) is 0 Å². The molecule has 12 rings (SSSR count). The Balaban J connectivity index is 1.07. The fourth-order valence-electron chi connectivity index (χ4n) is 9.82. The second kappa shape index (κ2) is 11.1. The first kappa shape index (κ1) is 31.0. The van der Waals surface area contributed by atoms with E-state index in [0.717, 1.165) is 61.0 Å². The Bertz CT molecular complexity index is 3510. The van der Waals surface area contributed by atoms with Crippen molar-refractivity contribution < 1.29 is 4.42 Å². The van der Waals surface area contributed by atoms with Gasteiger partial charge in [-0.15, -0.1) is 0 Å². The number of furan rings is 1. The van der Waals surface area contributed by atoms with E-state index in [4.69, 9.17) is 4.42 Å². The van der Waals surface area contributed by atoms with Gasteiger partial charge in [0.2, 0.25) is 0 Å². The number of aromatic nitrogens is 2. The van der Waals surface area contributed by atoms with E-state index in [1.54, 1.807) is 0 Å². The summed E-state index contributed by atoms with van der Waals surface area (Å²) in [7, 11) is 0. The highest BCUT2D eigenvalue weighted by Crippen LogP contribution is 2.53. The lowest BCUT2D eigenvalue weighted by molar-refractivity contribution is 0.661. The minimum Gasteiger partial charge on any atom is -0.456 e. The van der Waals surface area contributed by atoms with Crippen molar-refractivity contribution in [1.82, 2.24) is 9.13 Å². The molecule has 0 amide bonds. The molecule has 0 fully saturated rings. The van der Waals surface area contributed by atoms with Crippen molar-refractivity contribution in [3.63, 3.8) is 0 Å². The highest BCUT2D eigenvalue weighted by molar-refractivity contribution is 6.24. The average molecular weight is 716 g/mol. The zero-order chi connectivity index (χ0) is 37.3. The number of fused-ring (bicyclic) bond motifs is 14. The normalized spacial score (nSPS) is 13.3. The quantitative estimate of drug-likeness (QED) is 0.183. The monoisotopic (exact) mass is 715 g/mol. The molecule has 262 valence electrons. The van der Waals surface area contributed by atoms with Crippen molar-refractivity contribution in [3.8, 4) is 39.7 Å². The van der Waals surface area contributed by atoms with Crippen LogP contribution in [0.2, 0.25) is 0 Å². The van der Waals surface area contributed by atoms with E-state index in [2.05, 4.69) is 169 Å². The first-order valence-electron chi connectivity index (χ1n) is 19.2. The molecule has 0 aliphatic heterocycles. The molecule has 3 aromatic heterocycles. The molecule has 4 heteroatoms. The Labute approximate surface area is 322 Å². The van der Waals surface area contributed by atoms with E-state index < -0.39 is 0 Å². The van der Waals surface area contributed by atoms with E-state index in [9.17, 15) is 5.26 Å². The summed E-state index contributed by atoms with van der Waals surface area (Å²) in [6.45, 7) is 4.65. The summed E-state index contributed by atoms with van der Waals surface area (Å²) in [6, 6.07) is 60.8. The van der Waals surface area contributed by atoms with Gasteiger partial charge in [0.1, 0.15) is 11.2 Å². The number of para-hydroxylation sites is 3. The molecule has 0 radical (unpaired) electrons. The fourth-order valence-corrected chi connectivity index (χ4v) is 9.82. The third-order valence-electron chi connectivity index (χ3n) is 12.3. The summed E-state index contributed by atoms with van der Waals surface area (Å²) < 4.78 is 11.1. The first-order chi connectivity index (χ1) is 27.5. The highest BCUT2D eigenvalue weighted by atomic mass is 16.3. The van der Waals surface area contributed by atoms with E-state index in [-0.39, 0.29) is 5.41 Å². The number of rotatable bonds is 3. The van der Waals surface area contributed by atoms with E-state index in [1.807, 2.05) is 24.3 Å². The molecule has 0 saturated heterocycles. The predicted octanol–water partition coefficient (Wildman–Crippen LogP) is 13.6. The highest BCUT2D eigenvalue weighted by Gasteiger charge is 2.37. The molecule has 0 spiro atoms. The van der Waals surface area contributed by atoms with E-state index in [0.29, 0.717) is 5.56 Å². The molecule has 0 unspecified atom stereocenters. The summed E-state index contributed by atoms with van der Waals surface area (Å²) >= 11 is 0. The molecule has 4 nitrogen and oxygen atoms in total. The Hall–Kier alpha value is -7.35. The summed E-state index contributed by atoms with van der Waals surface area (Å²) in [4.78, 5) is 0. The molecular formula is C52H33N3O. The van der Waals surface area contributed by atoms with Crippen LogP contribution in [0, 0.1) is 11.3 Å². The molecule has 0 atom stereocenters. The van der Waals surface area contributed by atoms with Crippen LogP contribution in [0.25, 0.3) is 99.2 Å². The van der Waals surface area contributed by atoms with Gasteiger partial charge < -0.3 is 13.6 Å². The second-order valence-corrected chi connectivity index (χ2v) is 15.6. The van der Waals surface area contributed by atoms with E-state index in [1.165, 1.54) is 49.3 Å². The van der Waals surface area contributed by atoms with Gasteiger partial charge in [-0.2, -0.15) is 5.26 Å². The van der Waals surface area contributed by atoms with Crippen LogP contribution < -0.4 is 0 Å². The maximum absolute atomic E-state index is 10.5. The van der Waals surface area contributed by atoms with Crippen molar-refractivity contribution in [1.29, 1.82) is 5.26 Å². The topological polar surface area (TPSA) is 46.8 Å². The van der Waals surface area contributed by atoms with Crippen LogP contribution in [0.15, 0.2) is 168 Å². The molecule has 3 heterocycles. The standard InChI is InChI=1S/C52H33N3O/c1-52(2)42-15-7-3-13-40(42)48-43(52)25-23-38-36-11-5-9-17-45(36)55(50(38)48)35-28-31(30-53)27-33(29-35)32-19-21-34(22-20-32)54-44-16-8-4-12-37(44)39-24-26-47-49(51(39)54)41-14-6-10-18-46(41)56-47/h3-29H,1-2H3. The zero-order valence-electron chi connectivity index (χ0n) is 30.8. The summed E-state index contributed by atoms with van der Waals surface area (Å²) in [5.41, 5.74) is 16.1. The lowest BCUT2D eigenvalue weighted by Crippen LogP contribution is -2.14. The SMILES string of the molecule is CC1(C)c2ccccc2-c2c1ccc1c3ccccc3n(-c3cc(C#N)cc(-c4ccc(-n5c6ccccc6c6ccc7oc8ccccc8c7c65)cc4)c3)c21. The molecule has 0 N–H and O–H groups in total. The Morgan fingerprint density at radius 3 is 1.91 bits per heavy atom. The smallest absolute Gasteiger partial charge is 0.137 e. The molecular weight excluding hydrogens is 683 g/mol. The number of nitriles is 1. The van der Waals surface area contributed by atoms with Crippen molar-refractivity contribution >= 4 is 65.6 Å². The number of benzene rings is 8. The van der Waals surface area contributed by atoms with Gasteiger partial charge >= 0.3 is 0 Å². The van der Waals surface area contributed by atoms with Gasteiger partial charge in [0.05, 0.1) is 39.1 Å². The van der Waals surface area contributed by atoms with Gasteiger partial charge in [-0.25, -0.2) is 0 Å². The molecule has 56 heavy (non-hydrogen) atoms. The van der Waals surface area contributed by atoms with Crippen LogP contribution in [0.1, 0.15) is 30.5 Å². The number of hydrogen-bond acceptors (Lipinski definition) is 2. The molecule has 11 aromatic rings. The van der Waals surface area contributed by atoms with Crippen LogP contribution >= 0.6 is 0 Å². The van der Waals surface area contributed by atoms with Gasteiger partial charge in [-0.3, -0.25) is 0 Å².